The number of amides is 1. The van der Waals surface area contributed by atoms with Crippen molar-refractivity contribution in [1.82, 2.24) is 5.32 Å². The molecule has 0 bridgehead atoms. The number of benzene rings is 1. The predicted octanol–water partition coefficient (Wildman–Crippen LogP) is 4.51. The second-order valence-electron chi connectivity index (χ2n) is 7.21. The summed E-state index contributed by atoms with van der Waals surface area (Å²) in [6, 6.07) is 5.40. The van der Waals surface area contributed by atoms with Gasteiger partial charge in [-0.05, 0) is 55.3 Å². The van der Waals surface area contributed by atoms with Gasteiger partial charge in [0, 0.05) is 23.2 Å². The van der Waals surface area contributed by atoms with Gasteiger partial charge in [0.2, 0.25) is 5.91 Å². The molecule has 1 aliphatic rings. The number of halogens is 3. The highest BCUT2D eigenvalue weighted by Crippen LogP contribution is 2.37. The first-order valence-electron chi connectivity index (χ1n) is 9.38. The number of alkyl halides is 3. The lowest BCUT2D eigenvalue weighted by molar-refractivity contribution is -0.123. The Morgan fingerprint density at radius 3 is 2.44 bits per heavy atom. The molecule has 1 fully saturated rings. The van der Waals surface area contributed by atoms with Crippen LogP contribution < -0.4 is 16.4 Å². The molecular weight excluding hydrogens is 375 g/mol. The average Bonchev–Trinajstić information content (AvgIpc) is 2.60. The van der Waals surface area contributed by atoms with Gasteiger partial charge in [-0.2, -0.15) is 13.2 Å². The molecule has 8 heteroatoms. The minimum Gasteiger partial charge on any atom is -0.383 e. The van der Waals surface area contributed by atoms with Crippen molar-refractivity contribution in [2.45, 2.75) is 67.9 Å². The van der Waals surface area contributed by atoms with Gasteiger partial charge in [0.25, 0.3) is 0 Å². The SMILES string of the molecule is C[C@@H](CNc1ccc(SC(F)(F)F)cc1)NC(=O)[C@@H](N)CC1CCCCC1. The van der Waals surface area contributed by atoms with Crippen molar-refractivity contribution in [3.8, 4) is 0 Å². The molecule has 1 aromatic carbocycles. The van der Waals surface area contributed by atoms with Crippen LogP contribution >= 0.6 is 11.8 Å². The van der Waals surface area contributed by atoms with Gasteiger partial charge in [-0.15, -0.1) is 0 Å². The van der Waals surface area contributed by atoms with E-state index in [1.807, 2.05) is 6.92 Å². The number of hydrogen-bond donors (Lipinski definition) is 3. The first-order valence-corrected chi connectivity index (χ1v) is 10.2. The topological polar surface area (TPSA) is 67.1 Å². The Labute approximate surface area is 162 Å². The molecule has 152 valence electrons. The number of thioether (sulfide) groups is 1. The Morgan fingerprint density at radius 2 is 1.85 bits per heavy atom. The number of carbonyl (C=O) groups excluding carboxylic acids is 1. The molecule has 0 saturated heterocycles. The second kappa shape index (κ2) is 10.2. The summed E-state index contributed by atoms with van der Waals surface area (Å²) in [6.07, 6.45) is 6.75. The van der Waals surface area contributed by atoms with Crippen LogP contribution in [-0.4, -0.2) is 30.0 Å². The highest BCUT2D eigenvalue weighted by Gasteiger charge is 2.29. The van der Waals surface area contributed by atoms with E-state index in [-0.39, 0.29) is 28.6 Å². The van der Waals surface area contributed by atoms with E-state index in [1.165, 1.54) is 31.4 Å². The smallest absolute Gasteiger partial charge is 0.383 e. The average molecular weight is 404 g/mol. The molecule has 0 aromatic heterocycles. The third-order valence-electron chi connectivity index (χ3n) is 4.74. The molecule has 0 unspecified atom stereocenters. The summed E-state index contributed by atoms with van der Waals surface area (Å²) in [6.45, 7) is 2.33. The van der Waals surface area contributed by atoms with Crippen molar-refractivity contribution in [3.63, 3.8) is 0 Å². The third kappa shape index (κ3) is 8.43. The van der Waals surface area contributed by atoms with E-state index in [0.29, 0.717) is 18.2 Å². The second-order valence-corrected chi connectivity index (χ2v) is 8.35. The predicted molar refractivity (Wildman–Crippen MR) is 104 cm³/mol. The summed E-state index contributed by atoms with van der Waals surface area (Å²) < 4.78 is 37.0. The first kappa shape index (κ1) is 21.9. The van der Waals surface area contributed by atoms with E-state index < -0.39 is 11.6 Å². The fourth-order valence-corrected chi connectivity index (χ4v) is 3.87. The number of rotatable bonds is 8. The van der Waals surface area contributed by atoms with Gasteiger partial charge in [-0.3, -0.25) is 4.79 Å². The molecule has 1 amide bonds. The van der Waals surface area contributed by atoms with Crippen LogP contribution in [0.1, 0.15) is 45.4 Å². The molecule has 27 heavy (non-hydrogen) atoms. The van der Waals surface area contributed by atoms with Crippen LogP contribution in [0.3, 0.4) is 0 Å². The van der Waals surface area contributed by atoms with Crippen molar-refractivity contribution in [1.29, 1.82) is 0 Å². The maximum absolute atomic E-state index is 12.3. The van der Waals surface area contributed by atoms with E-state index in [1.54, 1.807) is 12.1 Å². The lowest BCUT2D eigenvalue weighted by Crippen LogP contribution is -2.47. The van der Waals surface area contributed by atoms with E-state index >= 15 is 0 Å². The van der Waals surface area contributed by atoms with Gasteiger partial charge in [-0.1, -0.05) is 32.1 Å². The lowest BCUT2D eigenvalue weighted by atomic mass is 9.85. The quantitative estimate of drug-likeness (QED) is 0.559. The van der Waals surface area contributed by atoms with Crippen LogP contribution in [0.15, 0.2) is 29.2 Å². The molecule has 4 N–H and O–H groups in total. The monoisotopic (exact) mass is 403 g/mol. The van der Waals surface area contributed by atoms with Crippen LogP contribution in [0.2, 0.25) is 0 Å². The lowest BCUT2D eigenvalue weighted by Gasteiger charge is -2.25. The number of anilines is 1. The highest BCUT2D eigenvalue weighted by atomic mass is 32.2. The Morgan fingerprint density at radius 1 is 1.22 bits per heavy atom. The summed E-state index contributed by atoms with van der Waals surface area (Å²) in [5.74, 6) is 0.396. The van der Waals surface area contributed by atoms with Crippen LogP contribution in [0, 0.1) is 5.92 Å². The normalized spacial score (nSPS) is 18.0. The van der Waals surface area contributed by atoms with Gasteiger partial charge in [0.15, 0.2) is 0 Å². The van der Waals surface area contributed by atoms with E-state index in [4.69, 9.17) is 5.73 Å². The van der Waals surface area contributed by atoms with Crippen molar-refractivity contribution in [2.24, 2.45) is 11.7 Å². The molecule has 1 aromatic rings. The van der Waals surface area contributed by atoms with Gasteiger partial charge >= 0.3 is 5.51 Å². The van der Waals surface area contributed by atoms with Crippen molar-refractivity contribution in [2.75, 3.05) is 11.9 Å². The Kier molecular flexibility index (Phi) is 8.28. The number of carbonyl (C=O) groups is 1. The molecule has 1 saturated carbocycles. The molecule has 2 atom stereocenters. The van der Waals surface area contributed by atoms with Gasteiger partial charge in [0.1, 0.15) is 0 Å². The summed E-state index contributed by atoms with van der Waals surface area (Å²) in [5, 5.41) is 6.02. The Bertz CT molecular complexity index is 589. The Hall–Kier alpha value is -1.41. The summed E-state index contributed by atoms with van der Waals surface area (Å²) in [7, 11) is 0. The highest BCUT2D eigenvalue weighted by molar-refractivity contribution is 8.00. The summed E-state index contributed by atoms with van der Waals surface area (Å²) >= 11 is -0.139. The van der Waals surface area contributed by atoms with E-state index in [0.717, 1.165) is 19.3 Å². The van der Waals surface area contributed by atoms with Crippen LogP contribution in [0.4, 0.5) is 18.9 Å². The van der Waals surface area contributed by atoms with Crippen molar-refractivity contribution in [3.05, 3.63) is 24.3 Å². The maximum Gasteiger partial charge on any atom is 0.446 e. The van der Waals surface area contributed by atoms with Crippen molar-refractivity contribution >= 4 is 23.4 Å². The van der Waals surface area contributed by atoms with Crippen LogP contribution in [0.25, 0.3) is 0 Å². The number of nitrogens with two attached hydrogens (primary N) is 1. The molecule has 0 spiro atoms. The zero-order valence-electron chi connectivity index (χ0n) is 15.5. The molecule has 0 radical (unpaired) electrons. The number of hydrogen-bond acceptors (Lipinski definition) is 4. The fourth-order valence-electron chi connectivity index (χ4n) is 3.34. The zero-order valence-corrected chi connectivity index (χ0v) is 16.3. The van der Waals surface area contributed by atoms with Crippen molar-refractivity contribution < 1.29 is 18.0 Å². The van der Waals surface area contributed by atoms with E-state index in [2.05, 4.69) is 10.6 Å². The zero-order chi connectivity index (χ0) is 19.9. The summed E-state index contributed by atoms with van der Waals surface area (Å²) in [5.41, 5.74) is 2.46. The standard InChI is InChI=1S/C19H28F3N3OS/c1-13(25-18(26)17(23)11-14-5-3-2-4-6-14)12-24-15-7-9-16(10-8-15)27-19(20,21)22/h7-10,13-14,17,24H,2-6,11-12,23H2,1H3,(H,25,26)/t13-,17-/m0/s1. The molecule has 2 rings (SSSR count). The molecular formula is C19H28F3N3OS. The van der Waals surface area contributed by atoms with Crippen LogP contribution in [-0.2, 0) is 4.79 Å². The van der Waals surface area contributed by atoms with Gasteiger partial charge in [-0.25, -0.2) is 0 Å². The molecule has 1 aliphatic carbocycles. The molecule has 4 nitrogen and oxygen atoms in total. The minimum atomic E-state index is -4.29. The first-order chi connectivity index (χ1) is 12.7. The maximum atomic E-state index is 12.3. The van der Waals surface area contributed by atoms with E-state index in [9.17, 15) is 18.0 Å². The van der Waals surface area contributed by atoms with Crippen LogP contribution in [0.5, 0.6) is 0 Å². The summed E-state index contributed by atoms with van der Waals surface area (Å²) in [4.78, 5) is 12.4. The largest absolute Gasteiger partial charge is 0.446 e. The number of nitrogens with one attached hydrogen (secondary N) is 2. The molecule has 0 heterocycles. The fraction of sp³-hybridized carbons (Fsp3) is 0.632. The third-order valence-corrected chi connectivity index (χ3v) is 5.48. The minimum absolute atomic E-state index is 0.139. The van der Waals surface area contributed by atoms with Gasteiger partial charge in [0.05, 0.1) is 6.04 Å². The molecule has 0 aliphatic heterocycles. The Balaban J connectivity index is 1.71. The van der Waals surface area contributed by atoms with Gasteiger partial charge < -0.3 is 16.4 Å².